The third kappa shape index (κ3) is 2.71. The van der Waals surface area contributed by atoms with E-state index in [9.17, 15) is 0 Å². The summed E-state index contributed by atoms with van der Waals surface area (Å²) in [7, 11) is 2.09. The van der Waals surface area contributed by atoms with Gasteiger partial charge < -0.3 is 10.2 Å². The number of anilines is 1. The van der Waals surface area contributed by atoms with Gasteiger partial charge in [0, 0.05) is 12.6 Å². The largest absolute Gasteiger partial charge is 0.365 e. The van der Waals surface area contributed by atoms with Crippen LogP contribution >= 0.6 is 23.2 Å². The first-order valence-electron chi connectivity index (χ1n) is 4.78. The molecule has 0 radical (unpaired) electrons. The van der Waals surface area contributed by atoms with Gasteiger partial charge >= 0.3 is 0 Å². The standard InChI is InChI=1S/C9H12Cl2N4/c1-15-3-2-6(5-15)13-8-7(10)4-12-9(11)14-8/h4,6H,2-3,5H2,1H3,(H,12,13,14). The van der Waals surface area contributed by atoms with Crippen molar-refractivity contribution < 1.29 is 0 Å². The molecule has 15 heavy (non-hydrogen) atoms. The topological polar surface area (TPSA) is 41.0 Å². The molecule has 1 saturated heterocycles. The first-order chi connectivity index (χ1) is 7.15. The molecule has 0 spiro atoms. The van der Waals surface area contributed by atoms with Crippen molar-refractivity contribution in [3.05, 3.63) is 16.5 Å². The van der Waals surface area contributed by atoms with E-state index in [0.717, 1.165) is 19.5 Å². The lowest BCUT2D eigenvalue weighted by Crippen LogP contribution is -2.24. The van der Waals surface area contributed by atoms with Crippen molar-refractivity contribution in [2.75, 3.05) is 25.5 Å². The van der Waals surface area contributed by atoms with Gasteiger partial charge in [-0.25, -0.2) is 4.98 Å². The van der Waals surface area contributed by atoms with E-state index in [4.69, 9.17) is 23.2 Å². The van der Waals surface area contributed by atoms with Crippen molar-refractivity contribution in [1.82, 2.24) is 14.9 Å². The summed E-state index contributed by atoms with van der Waals surface area (Å²) in [6.07, 6.45) is 2.60. The zero-order valence-electron chi connectivity index (χ0n) is 8.37. The van der Waals surface area contributed by atoms with Crippen LogP contribution in [-0.4, -0.2) is 41.0 Å². The molecule has 2 heterocycles. The fraction of sp³-hybridized carbons (Fsp3) is 0.556. The summed E-state index contributed by atoms with van der Waals surface area (Å²) in [5, 5.41) is 4.00. The highest BCUT2D eigenvalue weighted by atomic mass is 35.5. The minimum Gasteiger partial charge on any atom is -0.365 e. The molecule has 0 amide bonds. The molecular formula is C9H12Cl2N4. The minimum absolute atomic E-state index is 0.216. The van der Waals surface area contributed by atoms with Crippen molar-refractivity contribution in [2.45, 2.75) is 12.5 Å². The van der Waals surface area contributed by atoms with Crippen LogP contribution in [0.3, 0.4) is 0 Å². The number of nitrogens with one attached hydrogen (secondary N) is 1. The van der Waals surface area contributed by atoms with Crippen LogP contribution in [0.2, 0.25) is 10.3 Å². The molecular weight excluding hydrogens is 235 g/mol. The first kappa shape index (κ1) is 10.9. The second-order valence-corrected chi connectivity index (χ2v) is 4.47. The van der Waals surface area contributed by atoms with Crippen molar-refractivity contribution in [2.24, 2.45) is 0 Å². The molecule has 1 aromatic heterocycles. The van der Waals surface area contributed by atoms with Crippen molar-refractivity contribution in [1.29, 1.82) is 0 Å². The first-order valence-corrected chi connectivity index (χ1v) is 5.54. The molecule has 4 nitrogen and oxygen atoms in total. The molecule has 1 fully saturated rings. The van der Waals surface area contributed by atoms with Crippen LogP contribution < -0.4 is 5.32 Å². The predicted octanol–water partition coefficient (Wildman–Crippen LogP) is 1.90. The monoisotopic (exact) mass is 246 g/mol. The quantitative estimate of drug-likeness (QED) is 0.810. The predicted molar refractivity (Wildman–Crippen MR) is 61.6 cm³/mol. The molecule has 1 N–H and O–H groups in total. The number of hydrogen-bond acceptors (Lipinski definition) is 4. The number of aromatic nitrogens is 2. The van der Waals surface area contributed by atoms with Crippen LogP contribution in [0.4, 0.5) is 5.82 Å². The van der Waals surface area contributed by atoms with E-state index < -0.39 is 0 Å². The van der Waals surface area contributed by atoms with Crippen LogP contribution in [0.25, 0.3) is 0 Å². The highest BCUT2D eigenvalue weighted by Crippen LogP contribution is 2.22. The number of rotatable bonds is 2. The molecule has 6 heteroatoms. The number of hydrogen-bond donors (Lipinski definition) is 1. The minimum atomic E-state index is 0.216. The van der Waals surface area contributed by atoms with Crippen molar-refractivity contribution in [3.63, 3.8) is 0 Å². The van der Waals surface area contributed by atoms with E-state index in [1.54, 1.807) is 0 Å². The Morgan fingerprint density at radius 2 is 2.33 bits per heavy atom. The second-order valence-electron chi connectivity index (χ2n) is 3.73. The summed E-state index contributed by atoms with van der Waals surface area (Å²) < 4.78 is 0. The number of likely N-dealkylation sites (N-methyl/N-ethyl adjacent to an activating group) is 1. The van der Waals surface area contributed by atoms with E-state index in [1.165, 1.54) is 6.20 Å². The van der Waals surface area contributed by atoms with Gasteiger partial charge in [0.1, 0.15) is 10.8 Å². The maximum Gasteiger partial charge on any atom is 0.224 e. The van der Waals surface area contributed by atoms with Crippen LogP contribution in [-0.2, 0) is 0 Å². The smallest absolute Gasteiger partial charge is 0.224 e. The third-order valence-corrected chi connectivity index (χ3v) is 2.91. The molecule has 0 bridgehead atoms. The summed E-state index contributed by atoms with van der Waals surface area (Å²) in [5.41, 5.74) is 0. The molecule has 1 aromatic rings. The van der Waals surface area contributed by atoms with Crippen LogP contribution in [0.1, 0.15) is 6.42 Å². The summed E-state index contributed by atoms with van der Waals surface area (Å²) in [4.78, 5) is 10.1. The maximum atomic E-state index is 5.95. The Morgan fingerprint density at radius 3 is 3.00 bits per heavy atom. The Labute approximate surface area is 98.6 Å². The number of likely N-dealkylation sites (tertiary alicyclic amines) is 1. The summed E-state index contributed by atoms with van der Waals surface area (Å²) in [6, 6.07) is 0.387. The fourth-order valence-electron chi connectivity index (χ4n) is 1.69. The molecule has 1 aliphatic rings. The zero-order chi connectivity index (χ0) is 10.8. The fourth-order valence-corrected chi connectivity index (χ4v) is 1.97. The lowest BCUT2D eigenvalue weighted by atomic mass is 10.2. The number of halogens is 2. The van der Waals surface area contributed by atoms with Crippen molar-refractivity contribution in [3.8, 4) is 0 Å². The van der Waals surface area contributed by atoms with E-state index in [2.05, 4.69) is 27.2 Å². The zero-order valence-corrected chi connectivity index (χ0v) is 9.89. The van der Waals surface area contributed by atoms with Gasteiger partial charge in [0.05, 0.1) is 6.20 Å². The van der Waals surface area contributed by atoms with Gasteiger partial charge in [-0.05, 0) is 31.6 Å². The lowest BCUT2D eigenvalue weighted by molar-refractivity contribution is 0.414. The van der Waals surface area contributed by atoms with Gasteiger partial charge in [-0.1, -0.05) is 11.6 Å². The molecule has 2 rings (SSSR count). The molecule has 82 valence electrons. The molecule has 0 saturated carbocycles. The van der Waals surface area contributed by atoms with E-state index in [-0.39, 0.29) is 5.28 Å². The average Bonchev–Trinajstić information content (AvgIpc) is 2.58. The third-order valence-electron chi connectivity index (χ3n) is 2.45. The Balaban J connectivity index is 2.07. The molecule has 1 aliphatic heterocycles. The summed E-state index contributed by atoms with van der Waals surface area (Å²) in [6.45, 7) is 2.09. The van der Waals surface area contributed by atoms with E-state index in [1.807, 2.05) is 0 Å². The van der Waals surface area contributed by atoms with Crippen LogP contribution in [0.15, 0.2) is 6.20 Å². The maximum absolute atomic E-state index is 5.95. The SMILES string of the molecule is CN1CCC(Nc2nc(Cl)ncc2Cl)C1. The van der Waals surface area contributed by atoms with Gasteiger partial charge in [-0.2, -0.15) is 4.98 Å². The average molecular weight is 247 g/mol. The highest BCUT2D eigenvalue weighted by molar-refractivity contribution is 6.33. The molecule has 1 atom stereocenters. The Kier molecular flexibility index (Phi) is 3.29. The molecule has 1 unspecified atom stereocenters. The molecule has 0 aromatic carbocycles. The lowest BCUT2D eigenvalue weighted by Gasteiger charge is -2.14. The molecule has 0 aliphatic carbocycles. The Bertz CT molecular complexity index is 358. The summed E-state index contributed by atoms with van der Waals surface area (Å²) >= 11 is 11.7. The summed E-state index contributed by atoms with van der Waals surface area (Å²) in [5.74, 6) is 0.622. The van der Waals surface area contributed by atoms with Gasteiger partial charge in [0.25, 0.3) is 0 Å². The van der Waals surface area contributed by atoms with Gasteiger partial charge in [0.2, 0.25) is 5.28 Å². The van der Waals surface area contributed by atoms with Crippen LogP contribution in [0.5, 0.6) is 0 Å². The second kappa shape index (κ2) is 4.51. The van der Waals surface area contributed by atoms with Gasteiger partial charge in [-0.15, -0.1) is 0 Å². The highest BCUT2D eigenvalue weighted by Gasteiger charge is 2.20. The normalized spacial score (nSPS) is 21.9. The number of nitrogens with zero attached hydrogens (tertiary/aromatic N) is 3. The van der Waals surface area contributed by atoms with E-state index in [0.29, 0.717) is 16.9 Å². The van der Waals surface area contributed by atoms with Crippen LogP contribution in [0, 0.1) is 0 Å². The Morgan fingerprint density at radius 1 is 1.53 bits per heavy atom. The van der Waals surface area contributed by atoms with Crippen molar-refractivity contribution >= 4 is 29.0 Å². The van der Waals surface area contributed by atoms with Gasteiger partial charge in [-0.3, -0.25) is 0 Å². The van der Waals surface area contributed by atoms with E-state index >= 15 is 0 Å². The van der Waals surface area contributed by atoms with Gasteiger partial charge in [0.15, 0.2) is 0 Å². The Hall–Kier alpha value is -0.580.